The van der Waals surface area contributed by atoms with Crippen LogP contribution in [0, 0.1) is 0 Å². The topological polar surface area (TPSA) is 23.5 Å². The first-order valence-corrected chi connectivity index (χ1v) is 5.36. The molecule has 1 N–H and O–H groups in total. The largest absolute Gasteiger partial charge is 0.378 e. The van der Waals surface area contributed by atoms with Gasteiger partial charge in [0, 0.05) is 19.0 Å². The normalized spacial score (nSPS) is 26.0. The molecule has 0 radical (unpaired) electrons. The zero-order valence-electron chi connectivity index (χ0n) is 7.51. The number of hydrogen-bond acceptors (Lipinski definition) is 2. The molecule has 72 valence electrons. The molecular weight excluding hydrogens is 174 g/mol. The Labute approximate surface area is 79.5 Å². The Hall–Kier alpha value is 0.210. The first kappa shape index (κ1) is 10.3. The number of nitrogens with zero attached hydrogens (tertiary/aromatic N) is 1. The van der Waals surface area contributed by atoms with Gasteiger partial charge in [0.2, 0.25) is 0 Å². The second kappa shape index (κ2) is 5.79. The number of aliphatic hydroxyl groups excluding tert-OH is 1. The van der Waals surface area contributed by atoms with Crippen molar-refractivity contribution in [3.8, 4) is 0 Å². The molecule has 0 aliphatic carbocycles. The molecule has 1 atom stereocenters. The minimum Gasteiger partial charge on any atom is -0.378 e. The predicted molar refractivity (Wildman–Crippen MR) is 51.4 cm³/mol. The Balaban J connectivity index is 2.11. The maximum absolute atomic E-state index is 9.56. The van der Waals surface area contributed by atoms with Crippen LogP contribution in [0.5, 0.6) is 0 Å². The molecule has 0 saturated carbocycles. The van der Waals surface area contributed by atoms with Crippen LogP contribution in [0.1, 0.15) is 32.1 Å². The number of unbranched alkanes of at least 4 members (excludes halogenated alkanes) is 1. The summed E-state index contributed by atoms with van der Waals surface area (Å²) in [6.45, 7) is 2.07. The smallest absolute Gasteiger partial charge is 0.107 e. The van der Waals surface area contributed by atoms with Crippen LogP contribution < -0.4 is 0 Å². The van der Waals surface area contributed by atoms with Gasteiger partial charge in [-0.15, -0.1) is 11.6 Å². The van der Waals surface area contributed by atoms with Gasteiger partial charge in [0.1, 0.15) is 6.23 Å². The van der Waals surface area contributed by atoms with Crippen molar-refractivity contribution < 1.29 is 5.11 Å². The minimum atomic E-state index is -0.186. The Kier molecular flexibility index (Phi) is 4.96. The Morgan fingerprint density at radius 3 is 2.83 bits per heavy atom. The van der Waals surface area contributed by atoms with Crippen LogP contribution in [0.25, 0.3) is 0 Å². The average molecular weight is 192 g/mol. The second-order valence-corrected chi connectivity index (χ2v) is 3.79. The lowest BCUT2D eigenvalue weighted by molar-refractivity contribution is -0.0240. The molecule has 1 saturated heterocycles. The highest BCUT2D eigenvalue weighted by molar-refractivity contribution is 6.17. The molecular formula is C9H18ClNO. The first-order valence-electron chi connectivity index (χ1n) is 4.82. The van der Waals surface area contributed by atoms with Crippen molar-refractivity contribution >= 4 is 11.6 Å². The Morgan fingerprint density at radius 1 is 1.33 bits per heavy atom. The molecule has 2 nitrogen and oxygen atoms in total. The molecule has 3 heteroatoms. The van der Waals surface area contributed by atoms with Crippen LogP contribution in [0.3, 0.4) is 0 Å². The first-order chi connectivity index (χ1) is 5.84. The molecule has 12 heavy (non-hydrogen) atoms. The molecule has 0 aromatic carbocycles. The summed E-state index contributed by atoms with van der Waals surface area (Å²) in [5.74, 6) is 0.740. The molecule has 1 unspecified atom stereocenters. The summed E-state index contributed by atoms with van der Waals surface area (Å²) in [4.78, 5) is 2.16. The van der Waals surface area contributed by atoms with Gasteiger partial charge in [0.25, 0.3) is 0 Å². The Morgan fingerprint density at radius 2 is 2.17 bits per heavy atom. The molecule has 0 aromatic heterocycles. The molecule has 0 spiro atoms. The van der Waals surface area contributed by atoms with Crippen molar-refractivity contribution in [1.82, 2.24) is 4.90 Å². The maximum Gasteiger partial charge on any atom is 0.107 e. The number of aliphatic hydroxyl groups is 1. The number of piperidine rings is 1. The third-order valence-corrected chi connectivity index (χ3v) is 2.68. The van der Waals surface area contributed by atoms with E-state index in [1.165, 1.54) is 12.8 Å². The van der Waals surface area contributed by atoms with Crippen molar-refractivity contribution in [3.63, 3.8) is 0 Å². The highest BCUT2D eigenvalue weighted by Gasteiger charge is 2.18. The second-order valence-electron chi connectivity index (χ2n) is 3.41. The van der Waals surface area contributed by atoms with E-state index in [1.807, 2.05) is 0 Å². The lowest BCUT2D eigenvalue weighted by Gasteiger charge is -2.31. The van der Waals surface area contributed by atoms with Gasteiger partial charge in [-0.25, -0.2) is 0 Å². The number of rotatable bonds is 4. The molecule has 0 bridgehead atoms. The van der Waals surface area contributed by atoms with E-state index in [1.54, 1.807) is 0 Å². The fraction of sp³-hybridized carbons (Fsp3) is 1.00. The molecule has 1 rings (SSSR count). The predicted octanol–water partition coefficient (Wildman–Crippen LogP) is 1.81. The lowest BCUT2D eigenvalue weighted by atomic mass is 10.1. The molecule has 0 aromatic rings. The number of hydrogen-bond donors (Lipinski definition) is 1. The third-order valence-electron chi connectivity index (χ3n) is 2.41. The van der Waals surface area contributed by atoms with E-state index in [-0.39, 0.29) is 6.23 Å². The van der Waals surface area contributed by atoms with Gasteiger partial charge < -0.3 is 5.11 Å². The molecule has 1 aliphatic rings. The number of likely N-dealkylation sites (tertiary alicyclic amines) is 1. The van der Waals surface area contributed by atoms with Crippen LogP contribution in [0.15, 0.2) is 0 Å². The molecule has 1 aliphatic heterocycles. The summed E-state index contributed by atoms with van der Waals surface area (Å²) >= 11 is 5.57. The SMILES string of the molecule is OC1CCCCN1CCCCCl. The summed E-state index contributed by atoms with van der Waals surface area (Å²) < 4.78 is 0. The van der Waals surface area contributed by atoms with E-state index in [0.29, 0.717) is 0 Å². The van der Waals surface area contributed by atoms with E-state index in [9.17, 15) is 5.11 Å². The summed E-state index contributed by atoms with van der Waals surface area (Å²) in [5, 5.41) is 9.56. The highest BCUT2D eigenvalue weighted by Crippen LogP contribution is 2.15. The minimum absolute atomic E-state index is 0.186. The van der Waals surface area contributed by atoms with Crippen molar-refractivity contribution in [2.45, 2.75) is 38.3 Å². The average Bonchev–Trinajstić information content (AvgIpc) is 2.09. The summed E-state index contributed by atoms with van der Waals surface area (Å²) in [7, 11) is 0. The Bertz CT molecular complexity index is 121. The van der Waals surface area contributed by atoms with E-state index in [0.717, 1.165) is 38.2 Å². The van der Waals surface area contributed by atoms with E-state index in [2.05, 4.69) is 4.90 Å². The zero-order valence-corrected chi connectivity index (χ0v) is 8.26. The van der Waals surface area contributed by atoms with Gasteiger partial charge in [-0.2, -0.15) is 0 Å². The van der Waals surface area contributed by atoms with Crippen LogP contribution in [-0.2, 0) is 0 Å². The van der Waals surface area contributed by atoms with Crippen LogP contribution >= 0.6 is 11.6 Å². The maximum atomic E-state index is 9.56. The lowest BCUT2D eigenvalue weighted by Crippen LogP contribution is -2.39. The van der Waals surface area contributed by atoms with Gasteiger partial charge in [0.05, 0.1) is 0 Å². The standard InChI is InChI=1S/C9H18ClNO/c10-6-2-4-8-11-7-3-1-5-9(11)12/h9,12H,1-8H2. The van der Waals surface area contributed by atoms with E-state index < -0.39 is 0 Å². The summed E-state index contributed by atoms with van der Waals surface area (Å²) in [6.07, 6.45) is 5.34. The fourth-order valence-corrected chi connectivity index (χ4v) is 1.83. The van der Waals surface area contributed by atoms with Gasteiger partial charge in [0.15, 0.2) is 0 Å². The van der Waals surface area contributed by atoms with Gasteiger partial charge in [-0.05, 0) is 32.1 Å². The van der Waals surface area contributed by atoms with Crippen LogP contribution in [0.2, 0.25) is 0 Å². The fourth-order valence-electron chi connectivity index (χ4n) is 1.64. The molecule has 1 heterocycles. The monoisotopic (exact) mass is 191 g/mol. The molecule has 1 fully saturated rings. The highest BCUT2D eigenvalue weighted by atomic mass is 35.5. The summed E-state index contributed by atoms with van der Waals surface area (Å²) in [6, 6.07) is 0. The quantitative estimate of drug-likeness (QED) is 0.541. The van der Waals surface area contributed by atoms with Crippen molar-refractivity contribution in [2.75, 3.05) is 19.0 Å². The van der Waals surface area contributed by atoms with Crippen LogP contribution in [-0.4, -0.2) is 35.2 Å². The van der Waals surface area contributed by atoms with E-state index >= 15 is 0 Å². The zero-order chi connectivity index (χ0) is 8.81. The van der Waals surface area contributed by atoms with Crippen molar-refractivity contribution in [1.29, 1.82) is 0 Å². The van der Waals surface area contributed by atoms with E-state index in [4.69, 9.17) is 11.6 Å². The van der Waals surface area contributed by atoms with Crippen LogP contribution in [0.4, 0.5) is 0 Å². The molecule has 0 amide bonds. The van der Waals surface area contributed by atoms with Gasteiger partial charge >= 0.3 is 0 Å². The number of halogens is 1. The third kappa shape index (κ3) is 3.30. The van der Waals surface area contributed by atoms with Crippen molar-refractivity contribution in [2.24, 2.45) is 0 Å². The van der Waals surface area contributed by atoms with Gasteiger partial charge in [-0.3, -0.25) is 4.90 Å². The summed E-state index contributed by atoms with van der Waals surface area (Å²) in [5.41, 5.74) is 0. The van der Waals surface area contributed by atoms with Gasteiger partial charge in [-0.1, -0.05) is 0 Å². The number of alkyl halides is 1. The van der Waals surface area contributed by atoms with Crippen molar-refractivity contribution in [3.05, 3.63) is 0 Å².